The second-order valence-electron chi connectivity index (χ2n) is 5.37. The van der Waals surface area contributed by atoms with E-state index < -0.39 is 0 Å². The van der Waals surface area contributed by atoms with Crippen molar-refractivity contribution in [2.75, 3.05) is 19.8 Å². The van der Waals surface area contributed by atoms with Gasteiger partial charge in [0.15, 0.2) is 11.5 Å². The zero-order valence-electron chi connectivity index (χ0n) is 11.5. The van der Waals surface area contributed by atoms with Crippen molar-refractivity contribution in [1.29, 1.82) is 0 Å². The van der Waals surface area contributed by atoms with Gasteiger partial charge in [0.25, 0.3) is 0 Å². The van der Waals surface area contributed by atoms with Crippen molar-refractivity contribution in [3.63, 3.8) is 0 Å². The standard InChI is InChI=1S/C15H23NO2/c1-10(2)13(9-16)7-12-8-15-14(6-11(12)3)17-4-5-18-15/h6,8,10,13H,4-5,7,9,16H2,1-3H3. The smallest absolute Gasteiger partial charge is 0.161 e. The summed E-state index contributed by atoms with van der Waals surface area (Å²) in [7, 11) is 0. The van der Waals surface area contributed by atoms with Gasteiger partial charge in [-0.25, -0.2) is 0 Å². The van der Waals surface area contributed by atoms with Crippen molar-refractivity contribution in [1.82, 2.24) is 0 Å². The molecule has 0 aliphatic carbocycles. The summed E-state index contributed by atoms with van der Waals surface area (Å²) in [5.74, 6) is 2.87. The second kappa shape index (κ2) is 5.61. The van der Waals surface area contributed by atoms with Crippen LogP contribution < -0.4 is 15.2 Å². The van der Waals surface area contributed by atoms with E-state index in [2.05, 4.69) is 32.9 Å². The van der Waals surface area contributed by atoms with Gasteiger partial charge in [-0.15, -0.1) is 0 Å². The fourth-order valence-electron chi connectivity index (χ4n) is 2.33. The predicted molar refractivity (Wildman–Crippen MR) is 73.3 cm³/mol. The molecule has 1 aromatic carbocycles. The zero-order valence-corrected chi connectivity index (χ0v) is 11.5. The van der Waals surface area contributed by atoms with Crippen LogP contribution in [-0.2, 0) is 6.42 Å². The fourth-order valence-corrected chi connectivity index (χ4v) is 2.33. The van der Waals surface area contributed by atoms with Crippen LogP contribution in [0.4, 0.5) is 0 Å². The van der Waals surface area contributed by atoms with E-state index in [1.54, 1.807) is 0 Å². The molecule has 0 aromatic heterocycles. The summed E-state index contributed by atoms with van der Waals surface area (Å²) in [6, 6.07) is 4.20. The molecule has 100 valence electrons. The normalized spacial score (nSPS) is 15.8. The lowest BCUT2D eigenvalue weighted by atomic mass is 9.87. The lowest BCUT2D eigenvalue weighted by Crippen LogP contribution is -2.23. The largest absolute Gasteiger partial charge is 0.486 e. The van der Waals surface area contributed by atoms with E-state index in [4.69, 9.17) is 15.2 Å². The van der Waals surface area contributed by atoms with E-state index in [9.17, 15) is 0 Å². The molecule has 1 unspecified atom stereocenters. The highest BCUT2D eigenvalue weighted by atomic mass is 16.6. The van der Waals surface area contributed by atoms with Gasteiger partial charge in [-0.1, -0.05) is 13.8 Å². The summed E-state index contributed by atoms with van der Waals surface area (Å²) in [4.78, 5) is 0. The van der Waals surface area contributed by atoms with Crippen molar-refractivity contribution in [2.45, 2.75) is 27.2 Å². The highest BCUT2D eigenvalue weighted by molar-refractivity contribution is 5.47. The van der Waals surface area contributed by atoms with Crippen LogP contribution in [0.1, 0.15) is 25.0 Å². The van der Waals surface area contributed by atoms with Gasteiger partial charge in [0.05, 0.1) is 0 Å². The lowest BCUT2D eigenvalue weighted by Gasteiger charge is -2.23. The van der Waals surface area contributed by atoms with Crippen LogP contribution in [-0.4, -0.2) is 19.8 Å². The van der Waals surface area contributed by atoms with Crippen LogP contribution in [0.15, 0.2) is 12.1 Å². The van der Waals surface area contributed by atoms with Gasteiger partial charge in [0.1, 0.15) is 13.2 Å². The monoisotopic (exact) mass is 249 g/mol. The van der Waals surface area contributed by atoms with Crippen molar-refractivity contribution in [3.8, 4) is 11.5 Å². The van der Waals surface area contributed by atoms with Gasteiger partial charge in [-0.05, 0) is 55.0 Å². The average Bonchev–Trinajstić information content (AvgIpc) is 2.35. The minimum Gasteiger partial charge on any atom is -0.486 e. The molecule has 18 heavy (non-hydrogen) atoms. The number of aryl methyl sites for hydroxylation is 1. The van der Waals surface area contributed by atoms with Gasteiger partial charge in [0.2, 0.25) is 0 Å². The van der Waals surface area contributed by atoms with Crippen LogP contribution in [0.25, 0.3) is 0 Å². The molecule has 1 atom stereocenters. The Kier molecular flexibility index (Phi) is 4.12. The predicted octanol–water partition coefficient (Wildman–Crippen LogP) is 2.54. The molecule has 3 nitrogen and oxygen atoms in total. The summed E-state index contributed by atoms with van der Waals surface area (Å²) >= 11 is 0. The molecule has 0 radical (unpaired) electrons. The Morgan fingerprint density at radius 2 is 1.78 bits per heavy atom. The molecular formula is C15H23NO2. The highest BCUT2D eigenvalue weighted by Crippen LogP contribution is 2.34. The Bertz CT molecular complexity index is 415. The molecule has 0 amide bonds. The third kappa shape index (κ3) is 2.78. The Morgan fingerprint density at radius 3 is 2.33 bits per heavy atom. The SMILES string of the molecule is Cc1cc2c(cc1CC(CN)C(C)C)OCCO2. The number of ether oxygens (including phenoxy) is 2. The van der Waals surface area contributed by atoms with Crippen molar-refractivity contribution < 1.29 is 9.47 Å². The van der Waals surface area contributed by atoms with E-state index in [0.29, 0.717) is 25.0 Å². The maximum absolute atomic E-state index is 5.85. The fraction of sp³-hybridized carbons (Fsp3) is 0.600. The first kappa shape index (κ1) is 13.2. The first-order valence-corrected chi connectivity index (χ1v) is 6.71. The van der Waals surface area contributed by atoms with Crippen LogP contribution in [0.5, 0.6) is 11.5 Å². The molecule has 3 heteroatoms. The summed E-state index contributed by atoms with van der Waals surface area (Å²) in [6.07, 6.45) is 1.01. The molecular weight excluding hydrogens is 226 g/mol. The topological polar surface area (TPSA) is 44.5 Å². The van der Waals surface area contributed by atoms with E-state index in [1.165, 1.54) is 11.1 Å². The Morgan fingerprint density at radius 1 is 1.17 bits per heavy atom. The van der Waals surface area contributed by atoms with E-state index in [1.807, 2.05) is 0 Å². The van der Waals surface area contributed by atoms with Crippen molar-refractivity contribution in [3.05, 3.63) is 23.3 Å². The Balaban J connectivity index is 2.22. The summed E-state index contributed by atoms with van der Waals surface area (Å²) < 4.78 is 11.2. The maximum atomic E-state index is 5.85. The van der Waals surface area contributed by atoms with Crippen LogP contribution >= 0.6 is 0 Å². The summed E-state index contributed by atoms with van der Waals surface area (Å²) in [6.45, 7) is 8.59. The molecule has 1 heterocycles. The Hall–Kier alpha value is -1.22. The van der Waals surface area contributed by atoms with Gasteiger partial charge < -0.3 is 15.2 Å². The minimum absolute atomic E-state index is 0.520. The summed E-state index contributed by atoms with van der Waals surface area (Å²) in [5, 5.41) is 0. The molecule has 1 aliphatic heterocycles. The minimum atomic E-state index is 0.520. The number of rotatable bonds is 4. The summed E-state index contributed by atoms with van der Waals surface area (Å²) in [5.41, 5.74) is 8.44. The highest BCUT2D eigenvalue weighted by Gasteiger charge is 2.18. The molecule has 1 aliphatic rings. The second-order valence-corrected chi connectivity index (χ2v) is 5.37. The van der Waals surface area contributed by atoms with Crippen molar-refractivity contribution >= 4 is 0 Å². The molecule has 0 fully saturated rings. The first-order chi connectivity index (χ1) is 8.61. The van der Waals surface area contributed by atoms with Gasteiger partial charge >= 0.3 is 0 Å². The molecule has 2 rings (SSSR count). The molecule has 0 saturated carbocycles. The third-order valence-corrected chi connectivity index (χ3v) is 3.73. The van der Waals surface area contributed by atoms with E-state index in [0.717, 1.165) is 24.5 Å². The number of hydrogen-bond acceptors (Lipinski definition) is 3. The molecule has 0 spiro atoms. The third-order valence-electron chi connectivity index (χ3n) is 3.73. The van der Waals surface area contributed by atoms with Crippen molar-refractivity contribution in [2.24, 2.45) is 17.6 Å². The van der Waals surface area contributed by atoms with Crippen LogP contribution in [0.2, 0.25) is 0 Å². The quantitative estimate of drug-likeness (QED) is 0.892. The van der Waals surface area contributed by atoms with E-state index >= 15 is 0 Å². The average molecular weight is 249 g/mol. The molecule has 0 saturated heterocycles. The first-order valence-electron chi connectivity index (χ1n) is 6.71. The van der Waals surface area contributed by atoms with Crippen LogP contribution in [0.3, 0.4) is 0 Å². The lowest BCUT2D eigenvalue weighted by molar-refractivity contribution is 0.171. The Labute approximate surface area is 109 Å². The number of hydrogen-bond donors (Lipinski definition) is 1. The van der Waals surface area contributed by atoms with Gasteiger partial charge in [0, 0.05) is 0 Å². The molecule has 0 bridgehead atoms. The number of benzene rings is 1. The molecule has 2 N–H and O–H groups in total. The van der Waals surface area contributed by atoms with Crippen LogP contribution in [0, 0.1) is 18.8 Å². The van der Waals surface area contributed by atoms with E-state index in [-0.39, 0.29) is 0 Å². The maximum Gasteiger partial charge on any atom is 0.161 e. The number of nitrogens with two attached hydrogens (primary N) is 1. The van der Waals surface area contributed by atoms with Gasteiger partial charge in [-0.3, -0.25) is 0 Å². The molecule has 1 aromatic rings. The number of fused-ring (bicyclic) bond motifs is 1. The zero-order chi connectivity index (χ0) is 13.1. The van der Waals surface area contributed by atoms with Gasteiger partial charge in [-0.2, -0.15) is 0 Å².